The first-order valence-corrected chi connectivity index (χ1v) is 7.91. The van der Waals surface area contributed by atoms with E-state index in [1.165, 1.54) is 0 Å². The summed E-state index contributed by atoms with van der Waals surface area (Å²) in [4.78, 5) is 22.8. The van der Waals surface area contributed by atoms with Gasteiger partial charge in [0.1, 0.15) is 10.8 Å². The normalized spacial score (nSPS) is 22.2. The Bertz CT molecular complexity index is 751. The number of carbonyl (C=O) groups excluding carboxylic acids is 1. The van der Waals surface area contributed by atoms with Crippen molar-refractivity contribution in [1.29, 1.82) is 0 Å². The molecule has 0 aliphatic heterocycles. The number of allylic oxidation sites excluding steroid dienone is 3. The van der Waals surface area contributed by atoms with E-state index in [1.807, 2.05) is 0 Å². The van der Waals surface area contributed by atoms with Crippen LogP contribution < -0.4 is 4.74 Å². The second-order valence-electron chi connectivity index (χ2n) is 5.70. The van der Waals surface area contributed by atoms with E-state index in [-0.39, 0.29) is 28.4 Å². The molecule has 0 saturated heterocycles. The van der Waals surface area contributed by atoms with E-state index in [9.17, 15) is 9.59 Å². The second-order valence-corrected chi connectivity index (χ2v) is 6.46. The zero-order chi connectivity index (χ0) is 16.7. The van der Waals surface area contributed by atoms with Crippen molar-refractivity contribution in [2.45, 2.75) is 12.8 Å². The Morgan fingerprint density at radius 2 is 2.17 bits per heavy atom. The van der Waals surface area contributed by atoms with Crippen LogP contribution in [0.5, 0.6) is 5.75 Å². The van der Waals surface area contributed by atoms with Crippen molar-refractivity contribution in [3.63, 3.8) is 0 Å². The molecule has 2 aliphatic rings. The maximum atomic E-state index is 12.1. The number of ether oxygens (including phenoxy) is 1. The quantitative estimate of drug-likeness (QED) is 0.837. The number of hydrogen-bond acceptors (Lipinski definition) is 3. The van der Waals surface area contributed by atoms with Gasteiger partial charge in [-0.15, -0.1) is 6.58 Å². The first-order valence-electron chi connectivity index (χ1n) is 7.16. The van der Waals surface area contributed by atoms with Gasteiger partial charge in [-0.1, -0.05) is 29.3 Å². The van der Waals surface area contributed by atoms with Gasteiger partial charge in [0, 0.05) is 11.5 Å². The molecule has 6 heteroatoms. The third kappa shape index (κ3) is 2.77. The molecule has 1 aromatic carbocycles. The molecule has 2 atom stereocenters. The average molecular weight is 353 g/mol. The summed E-state index contributed by atoms with van der Waals surface area (Å²) in [6, 6.07) is 1.72. The van der Waals surface area contributed by atoms with Gasteiger partial charge in [-0.2, -0.15) is 0 Å². The highest BCUT2D eigenvalue weighted by molar-refractivity contribution is 6.44. The van der Waals surface area contributed by atoms with Crippen LogP contribution in [0.15, 0.2) is 24.8 Å². The molecule has 1 N–H and O–H groups in total. The van der Waals surface area contributed by atoms with Crippen LogP contribution in [-0.2, 0) is 16.0 Å². The number of aliphatic carboxylic acids is 1. The van der Waals surface area contributed by atoms with Crippen molar-refractivity contribution >= 4 is 40.5 Å². The molecule has 0 fully saturated rings. The number of hydrogen-bond donors (Lipinski definition) is 1. The number of carbonyl (C=O) groups is 2. The number of carboxylic acids is 1. The minimum absolute atomic E-state index is 0.0255. The molecule has 23 heavy (non-hydrogen) atoms. The molecule has 0 radical (unpaired) electrons. The summed E-state index contributed by atoms with van der Waals surface area (Å²) in [7, 11) is 0. The standard InChI is InChI=1S/C17H14Cl2O4/c1-2-8-3-9-4-10-5-13(23-7-14(21)22)16(18)17(19)15(10)11(9)6-12(8)20/h2,5-6,8-9H,1,3-4,7H2,(H,21,22). The molecule has 4 nitrogen and oxygen atoms in total. The molecule has 0 bridgehead atoms. The highest BCUT2D eigenvalue weighted by atomic mass is 35.5. The van der Waals surface area contributed by atoms with E-state index in [2.05, 4.69) is 6.58 Å². The molecular weight excluding hydrogens is 339 g/mol. The van der Waals surface area contributed by atoms with E-state index in [4.69, 9.17) is 33.0 Å². The van der Waals surface area contributed by atoms with Gasteiger partial charge in [-0.05, 0) is 42.0 Å². The molecule has 2 aliphatic carbocycles. The molecule has 120 valence electrons. The van der Waals surface area contributed by atoms with E-state index < -0.39 is 12.6 Å². The summed E-state index contributed by atoms with van der Waals surface area (Å²) in [5, 5.41) is 9.21. The molecule has 2 unspecified atom stereocenters. The molecule has 0 amide bonds. The van der Waals surface area contributed by atoms with Crippen LogP contribution in [-0.4, -0.2) is 23.5 Å². The van der Waals surface area contributed by atoms with E-state index in [1.54, 1.807) is 18.2 Å². The van der Waals surface area contributed by atoms with Crippen LogP contribution >= 0.6 is 23.2 Å². The average Bonchev–Trinajstić information content (AvgIpc) is 2.85. The summed E-state index contributed by atoms with van der Waals surface area (Å²) in [5.74, 6) is -0.793. The van der Waals surface area contributed by atoms with Gasteiger partial charge in [0.25, 0.3) is 0 Å². The van der Waals surface area contributed by atoms with Crippen molar-refractivity contribution in [2.24, 2.45) is 11.8 Å². The van der Waals surface area contributed by atoms with Gasteiger partial charge < -0.3 is 9.84 Å². The smallest absolute Gasteiger partial charge is 0.341 e. The number of carboxylic acid groups (broad SMARTS) is 1. The predicted octanol–water partition coefficient (Wildman–Crippen LogP) is 3.79. The lowest BCUT2D eigenvalue weighted by Gasteiger charge is -2.22. The third-order valence-electron chi connectivity index (χ3n) is 4.29. The van der Waals surface area contributed by atoms with Crippen molar-refractivity contribution in [1.82, 2.24) is 0 Å². The fraction of sp³-hybridized carbons (Fsp3) is 0.294. The summed E-state index contributed by atoms with van der Waals surface area (Å²) in [6.45, 7) is 3.22. The van der Waals surface area contributed by atoms with Crippen LogP contribution in [0, 0.1) is 11.8 Å². The van der Waals surface area contributed by atoms with Crippen LogP contribution in [0.25, 0.3) is 5.57 Å². The maximum Gasteiger partial charge on any atom is 0.341 e. The number of rotatable bonds is 4. The maximum absolute atomic E-state index is 12.1. The Balaban J connectivity index is 2.02. The van der Waals surface area contributed by atoms with Gasteiger partial charge in [0.15, 0.2) is 12.4 Å². The molecule has 0 aromatic heterocycles. The Hall–Kier alpha value is -1.78. The van der Waals surface area contributed by atoms with Crippen molar-refractivity contribution in [2.75, 3.05) is 6.61 Å². The van der Waals surface area contributed by atoms with Gasteiger partial charge in [-0.25, -0.2) is 4.79 Å². The lowest BCUT2D eigenvalue weighted by Crippen LogP contribution is -2.20. The van der Waals surface area contributed by atoms with E-state index in [0.29, 0.717) is 11.4 Å². The molecule has 0 spiro atoms. The summed E-state index contributed by atoms with van der Waals surface area (Å²) >= 11 is 12.6. The number of fused-ring (bicyclic) bond motifs is 3. The topological polar surface area (TPSA) is 63.6 Å². The Morgan fingerprint density at radius 3 is 2.83 bits per heavy atom. The molecule has 0 saturated carbocycles. The van der Waals surface area contributed by atoms with Crippen LogP contribution in [0.4, 0.5) is 0 Å². The van der Waals surface area contributed by atoms with Crippen molar-refractivity contribution < 1.29 is 19.4 Å². The number of ketones is 1. The van der Waals surface area contributed by atoms with Gasteiger partial charge in [0.05, 0.1) is 5.02 Å². The largest absolute Gasteiger partial charge is 0.480 e. The Labute approximate surface area is 143 Å². The molecule has 0 heterocycles. The van der Waals surface area contributed by atoms with Crippen molar-refractivity contribution in [3.8, 4) is 5.75 Å². The second kappa shape index (κ2) is 6.02. The summed E-state index contributed by atoms with van der Waals surface area (Å²) in [5.41, 5.74) is 2.61. The highest BCUT2D eigenvalue weighted by Gasteiger charge is 2.37. The lowest BCUT2D eigenvalue weighted by molar-refractivity contribution is -0.139. The molecule has 1 aromatic rings. The number of benzene rings is 1. The minimum Gasteiger partial charge on any atom is -0.480 e. The molecule has 3 rings (SSSR count). The zero-order valence-electron chi connectivity index (χ0n) is 12.1. The van der Waals surface area contributed by atoms with Crippen molar-refractivity contribution in [3.05, 3.63) is 46.0 Å². The SMILES string of the molecule is C=CC1CC2Cc3cc(OCC(=O)O)c(Cl)c(Cl)c3C2=CC1=O. The molecular formula is C17H14Cl2O4. The fourth-order valence-corrected chi connectivity index (χ4v) is 3.77. The van der Waals surface area contributed by atoms with E-state index >= 15 is 0 Å². The van der Waals surface area contributed by atoms with Gasteiger partial charge in [-0.3, -0.25) is 4.79 Å². The summed E-state index contributed by atoms with van der Waals surface area (Å²) < 4.78 is 5.20. The fourth-order valence-electron chi connectivity index (χ4n) is 3.25. The first kappa shape index (κ1) is 16.1. The minimum atomic E-state index is -1.09. The number of halogens is 2. The monoisotopic (exact) mass is 352 g/mol. The van der Waals surface area contributed by atoms with Gasteiger partial charge in [0.2, 0.25) is 0 Å². The van der Waals surface area contributed by atoms with E-state index in [0.717, 1.165) is 23.1 Å². The van der Waals surface area contributed by atoms with Gasteiger partial charge >= 0.3 is 5.97 Å². The zero-order valence-corrected chi connectivity index (χ0v) is 13.7. The lowest BCUT2D eigenvalue weighted by atomic mass is 9.81. The predicted molar refractivity (Wildman–Crippen MR) is 88.1 cm³/mol. The highest BCUT2D eigenvalue weighted by Crippen LogP contribution is 2.50. The Kier molecular flexibility index (Phi) is 4.21. The Morgan fingerprint density at radius 1 is 1.43 bits per heavy atom. The summed E-state index contributed by atoms with van der Waals surface area (Å²) in [6.07, 6.45) is 4.72. The van der Waals surface area contributed by atoms with Crippen LogP contribution in [0.2, 0.25) is 10.0 Å². The third-order valence-corrected chi connectivity index (χ3v) is 5.14. The van der Waals surface area contributed by atoms with Crippen LogP contribution in [0.1, 0.15) is 17.5 Å². The first-order chi connectivity index (χ1) is 10.9. The van der Waals surface area contributed by atoms with Crippen LogP contribution in [0.3, 0.4) is 0 Å².